The van der Waals surface area contributed by atoms with E-state index >= 15 is 0 Å². The molecule has 0 fully saturated rings. The second-order valence-electron chi connectivity index (χ2n) is 10.7. The second-order valence-corrected chi connectivity index (χ2v) is 17.9. The van der Waals surface area contributed by atoms with Crippen LogP contribution in [0.1, 0.15) is 0 Å². The molecule has 57 heavy (non-hydrogen) atoms. The minimum absolute atomic E-state index is 0. The molecule has 0 atom stereocenters. The largest absolute Gasteiger partial charge is 2.00 e. The van der Waals surface area contributed by atoms with Crippen LogP contribution in [0.4, 0.5) is 17.3 Å². The molecule has 6 aromatic carbocycles. The van der Waals surface area contributed by atoms with Gasteiger partial charge in [-0.3, -0.25) is 0 Å². The number of benzene rings is 6. The molecule has 0 saturated carbocycles. The number of halogens is 4. The Kier molecular flexibility index (Phi) is 26.6. The van der Waals surface area contributed by atoms with E-state index in [4.69, 9.17) is 0 Å². The van der Waals surface area contributed by atoms with E-state index < -0.39 is 43.3 Å². The zero-order valence-corrected chi connectivity index (χ0v) is 39.7. The number of hydrogen-bond donors (Lipinski definition) is 0. The van der Waals surface area contributed by atoms with Crippen molar-refractivity contribution in [2.75, 3.05) is 0 Å². The van der Waals surface area contributed by atoms with Gasteiger partial charge in [-0.05, 0) is 92.2 Å². The van der Waals surface area contributed by atoms with E-state index in [1.807, 2.05) is 72.8 Å². The topological polar surface area (TPSA) is 114 Å². The predicted molar refractivity (Wildman–Crippen MR) is 211 cm³/mol. The van der Waals surface area contributed by atoms with Crippen molar-refractivity contribution in [2.24, 2.45) is 0 Å². The molecule has 0 unspecified atom stereocenters. The molecular weight excluding hydrogens is 930 g/mol. The summed E-state index contributed by atoms with van der Waals surface area (Å²) >= 11 is 0. The maximum absolute atomic E-state index is 11.1. The Labute approximate surface area is 393 Å². The number of hydrogen-bond acceptors (Lipinski definition) is 6. The molecule has 6 aromatic rings. The molecule has 6 nitrogen and oxygen atoms in total. The SMILES string of the molecule is F[B-](F)(F)F.O=S(=O)([O-])c1ccc(P(c2ccccc2)c2ccccc2)cc1.O=S(=O)([O-])c1ccc(P(c2ccccc2)c2ccccc2)cc1.[CH2][CH][CH2].[Na+].[Na+].[Pd+2]. The van der Waals surface area contributed by atoms with Gasteiger partial charge < -0.3 is 26.4 Å². The molecule has 0 saturated heterocycles. The van der Waals surface area contributed by atoms with Crippen LogP contribution in [0.15, 0.2) is 180 Å². The fourth-order valence-electron chi connectivity index (χ4n) is 4.73. The van der Waals surface area contributed by atoms with Gasteiger partial charge in [0, 0.05) is 0 Å². The van der Waals surface area contributed by atoms with E-state index in [0.717, 1.165) is 10.6 Å². The molecule has 0 N–H and O–H groups in total. The summed E-state index contributed by atoms with van der Waals surface area (Å²) < 4.78 is 106. The maximum Gasteiger partial charge on any atom is 2.00 e. The normalized spacial score (nSPS) is 10.7. The van der Waals surface area contributed by atoms with Gasteiger partial charge in [-0.25, -0.2) is 16.8 Å². The van der Waals surface area contributed by atoms with Gasteiger partial charge in [0.1, 0.15) is 20.2 Å². The quantitative estimate of drug-likeness (QED) is 0.0970. The molecule has 18 heteroatoms. The van der Waals surface area contributed by atoms with Crippen LogP contribution in [0.25, 0.3) is 0 Å². The average molecular weight is 963 g/mol. The first-order valence-corrected chi connectivity index (χ1v) is 21.2. The van der Waals surface area contributed by atoms with Crippen LogP contribution in [0, 0.1) is 20.3 Å². The summed E-state index contributed by atoms with van der Waals surface area (Å²) in [6.07, 6.45) is 1.50. The molecule has 0 heterocycles. The summed E-state index contributed by atoms with van der Waals surface area (Å²) in [5, 5.41) is 6.70. The van der Waals surface area contributed by atoms with Crippen molar-refractivity contribution in [2.45, 2.75) is 9.79 Å². The Balaban J connectivity index is 0.000000887. The van der Waals surface area contributed by atoms with Gasteiger partial charge in [-0.2, -0.15) is 0 Å². The minimum Gasteiger partial charge on any atom is -0.744 e. The molecule has 6 rings (SSSR count). The molecule has 0 spiro atoms. The van der Waals surface area contributed by atoms with Crippen molar-refractivity contribution in [1.82, 2.24) is 0 Å². The maximum atomic E-state index is 11.1. The van der Waals surface area contributed by atoms with Crippen LogP contribution in [0.2, 0.25) is 0 Å². The van der Waals surface area contributed by atoms with E-state index in [9.17, 15) is 43.2 Å². The fourth-order valence-corrected chi connectivity index (χ4v) is 10.2. The first kappa shape index (κ1) is 55.4. The second kappa shape index (κ2) is 27.3. The standard InChI is InChI=1S/2C18H15O3PS.C3H5.BF4.2Na.Pd/c2*19-23(20,21)18-13-11-17(12-14-18)22(15-7-3-1-4-8-15)16-9-5-2-6-10-16;1-3-2;2-1(3,4)5;;;/h2*1-14H,(H,19,20,21);3H,1-2H2;;;;/q;;;-1;2*+1;+2/p-2. The van der Waals surface area contributed by atoms with Crippen molar-refractivity contribution in [1.29, 1.82) is 0 Å². The molecule has 0 aliphatic heterocycles. The van der Waals surface area contributed by atoms with Crippen LogP contribution in [-0.2, 0) is 40.7 Å². The van der Waals surface area contributed by atoms with Crippen LogP contribution in [0.3, 0.4) is 0 Å². The molecule has 0 aromatic heterocycles. The van der Waals surface area contributed by atoms with Crippen molar-refractivity contribution in [3.05, 3.63) is 190 Å². The summed E-state index contributed by atoms with van der Waals surface area (Å²) in [6, 6.07) is 52.8. The van der Waals surface area contributed by atoms with E-state index in [0.29, 0.717) is 0 Å². The summed E-state index contributed by atoms with van der Waals surface area (Å²) in [4.78, 5) is -0.394. The average Bonchev–Trinajstić information content (AvgIpc) is 3.13. The predicted octanol–water partition coefficient (Wildman–Crippen LogP) is 0.862. The van der Waals surface area contributed by atoms with E-state index in [-0.39, 0.29) is 89.3 Å². The van der Waals surface area contributed by atoms with Crippen molar-refractivity contribution < 1.29 is 123 Å². The molecule has 289 valence electrons. The van der Waals surface area contributed by atoms with Gasteiger partial charge >= 0.3 is 86.8 Å². The van der Waals surface area contributed by atoms with Gasteiger partial charge in [0.05, 0.1) is 9.79 Å². The molecule has 0 aliphatic carbocycles. The fraction of sp³-hybridized carbons (Fsp3) is 0. The first-order chi connectivity index (χ1) is 25.5. The third-order valence-electron chi connectivity index (χ3n) is 6.82. The Morgan fingerprint density at radius 2 is 0.579 bits per heavy atom. The zero-order chi connectivity index (χ0) is 39.8. The van der Waals surface area contributed by atoms with Gasteiger partial charge in [0.2, 0.25) is 0 Å². The zero-order valence-electron chi connectivity index (χ0n) is 30.7. The molecule has 0 amide bonds. The molecule has 0 bridgehead atoms. The monoisotopic (exact) mass is 962 g/mol. The molecule has 0 aliphatic rings. The first-order valence-electron chi connectivity index (χ1n) is 15.7. The smallest absolute Gasteiger partial charge is 0.744 e. The van der Waals surface area contributed by atoms with Crippen molar-refractivity contribution in [3.8, 4) is 0 Å². The van der Waals surface area contributed by atoms with Gasteiger partial charge in [-0.1, -0.05) is 146 Å². The Morgan fingerprint density at radius 1 is 0.421 bits per heavy atom. The van der Waals surface area contributed by atoms with Crippen LogP contribution in [-0.4, -0.2) is 33.2 Å². The minimum atomic E-state index is -6.00. The van der Waals surface area contributed by atoms with Gasteiger partial charge in [0.25, 0.3) is 0 Å². The van der Waals surface area contributed by atoms with Crippen LogP contribution in [0.5, 0.6) is 0 Å². The molecule has 3 radical (unpaired) electrons. The summed E-state index contributed by atoms with van der Waals surface area (Å²) in [6.45, 7) is 6.50. The van der Waals surface area contributed by atoms with Gasteiger partial charge in [-0.15, -0.1) is 0 Å². The summed E-state index contributed by atoms with van der Waals surface area (Å²) in [5.74, 6) is 0. The summed E-state index contributed by atoms with van der Waals surface area (Å²) in [5.41, 5.74) is 0. The van der Waals surface area contributed by atoms with Crippen LogP contribution >= 0.6 is 15.8 Å². The van der Waals surface area contributed by atoms with E-state index in [1.165, 1.54) is 51.9 Å². The van der Waals surface area contributed by atoms with E-state index in [1.54, 1.807) is 24.3 Å². The Morgan fingerprint density at radius 3 is 0.737 bits per heavy atom. The Hall–Kier alpha value is -1.55. The third kappa shape index (κ3) is 20.0. The Bertz CT molecular complexity index is 1980. The van der Waals surface area contributed by atoms with Crippen molar-refractivity contribution in [3.63, 3.8) is 0 Å². The van der Waals surface area contributed by atoms with Crippen molar-refractivity contribution >= 4 is 75.2 Å². The third-order valence-corrected chi connectivity index (χ3v) is 13.4. The van der Waals surface area contributed by atoms with Crippen LogP contribution < -0.4 is 90.9 Å². The molecular formula is C39H33BF4Na2O6P2PdS2+. The van der Waals surface area contributed by atoms with E-state index in [2.05, 4.69) is 62.4 Å². The summed E-state index contributed by atoms with van der Waals surface area (Å²) in [7, 11) is -16.4. The van der Waals surface area contributed by atoms with Gasteiger partial charge in [0.15, 0.2) is 0 Å². The number of rotatable bonds is 8.